The number of likely N-dealkylation sites (tertiary alicyclic amines) is 1. The number of hydrogen-bond donors (Lipinski definition) is 1. The average Bonchev–Trinajstić information content (AvgIpc) is 3.14. The zero-order chi connectivity index (χ0) is 21.1. The number of carbonyl (C=O) groups excluding carboxylic acids is 1. The highest BCUT2D eigenvalue weighted by molar-refractivity contribution is 5.89. The second-order valence-corrected chi connectivity index (χ2v) is 8.25. The molecule has 4 atom stereocenters. The Balaban J connectivity index is 1.39. The zero-order valence-corrected chi connectivity index (χ0v) is 17.5. The van der Waals surface area contributed by atoms with E-state index < -0.39 is 6.10 Å². The van der Waals surface area contributed by atoms with Crippen molar-refractivity contribution in [1.29, 1.82) is 0 Å². The molecule has 0 bridgehead atoms. The molecule has 2 aliphatic rings. The lowest BCUT2D eigenvalue weighted by Gasteiger charge is -2.35. The Morgan fingerprint density at radius 1 is 1.03 bits per heavy atom. The number of benzene rings is 2. The van der Waals surface area contributed by atoms with Gasteiger partial charge in [0.05, 0.1) is 25.9 Å². The molecule has 2 fully saturated rings. The number of para-hydroxylation sites is 2. The van der Waals surface area contributed by atoms with Crippen LogP contribution in [-0.4, -0.2) is 55.5 Å². The first kappa shape index (κ1) is 20.7. The topological polar surface area (TPSA) is 68.2 Å². The van der Waals surface area contributed by atoms with Gasteiger partial charge in [0.2, 0.25) is 0 Å². The molecule has 1 saturated carbocycles. The van der Waals surface area contributed by atoms with Crippen LogP contribution in [0.25, 0.3) is 0 Å². The number of rotatable bonds is 6. The summed E-state index contributed by atoms with van der Waals surface area (Å²) >= 11 is 0. The molecule has 1 aliphatic heterocycles. The smallest absolute Gasteiger partial charge is 0.337 e. The summed E-state index contributed by atoms with van der Waals surface area (Å²) in [7, 11) is 3.02. The number of fused-ring (bicyclic) bond motifs is 1. The highest BCUT2D eigenvalue weighted by Crippen LogP contribution is 2.39. The minimum Gasteiger partial charge on any atom is -0.493 e. The van der Waals surface area contributed by atoms with Crippen LogP contribution in [-0.2, 0) is 11.3 Å². The lowest BCUT2D eigenvalue weighted by Crippen LogP contribution is -2.42. The van der Waals surface area contributed by atoms with Gasteiger partial charge < -0.3 is 19.3 Å². The van der Waals surface area contributed by atoms with Crippen LogP contribution in [0.3, 0.4) is 0 Å². The highest BCUT2D eigenvalue weighted by Gasteiger charge is 2.42. The first-order chi connectivity index (χ1) is 14.6. The summed E-state index contributed by atoms with van der Waals surface area (Å²) in [6.45, 7) is 2.70. The van der Waals surface area contributed by atoms with Crippen LogP contribution in [0.2, 0.25) is 0 Å². The summed E-state index contributed by atoms with van der Waals surface area (Å²) in [5.74, 6) is 1.99. The van der Waals surface area contributed by atoms with E-state index in [2.05, 4.69) is 4.90 Å². The minimum atomic E-state index is -0.487. The Kier molecular flexibility index (Phi) is 6.25. The zero-order valence-electron chi connectivity index (χ0n) is 17.5. The van der Waals surface area contributed by atoms with Gasteiger partial charge in [0.25, 0.3) is 0 Å². The Labute approximate surface area is 177 Å². The molecule has 0 aromatic heterocycles. The van der Waals surface area contributed by atoms with Crippen molar-refractivity contribution in [3.8, 4) is 11.5 Å². The van der Waals surface area contributed by atoms with Gasteiger partial charge in [-0.25, -0.2) is 4.79 Å². The van der Waals surface area contributed by atoms with Crippen LogP contribution in [0.4, 0.5) is 0 Å². The van der Waals surface area contributed by atoms with Gasteiger partial charge in [0, 0.05) is 19.6 Å². The van der Waals surface area contributed by atoms with E-state index in [1.165, 1.54) is 7.11 Å². The van der Waals surface area contributed by atoms with Gasteiger partial charge in [0.1, 0.15) is 6.10 Å². The van der Waals surface area contributed by atoms with Crippen LogP contribution in [0.1, 0.15) is 28.8 Å². The van der Waals surface area contributed by atoms with E-state index >= 15 is 0 Å². The van der Waals surface area contributed by atoms with Crippen LogP contribution >= 0.6 is 0 Å². The van der Waals surface area contributed by atoms with Crippen molar-refractivity contribution in [3.05, 3.63) is 59.7 Å². The molecule has 1 heterocycles. The molecule has 4 rings (SSSR count). The maximum Gasteiger partial charge on any atom is 0.337 e. The van der Waals surface area contributed by atoms with E-state index in [0.717, 1.165) is 38.0 Å². The van der Waals surface area contributed by atoms with Crippen LogP contribution in [0.5, 0.6) is 11.5 Å². The number of aliphatic hydroxyl groups is 1. The van der Waals surface area contributed by atoms with Crippen molar-refractivity contribution in [2.24, 2.45) is 11.8 Å². The standard InChI is InChI=1S/C24H29NO5/c1-28-21-8-3-4-9-22(21)30-23-12-19-15-25(14-18(19)11-20(23)26)13-16-6-5-7-17(10-16)24(27)29-2/h3-10,18-20,23,26H,11-15H2,1-2H3/t18-,19+,20+,23+/m0/s1. The molecule has 1 N–H and O–H groups in total. The monoisotopic (exact) mass is 411 g/mol. The molecule has 2 aromatic rings. The summed E-state index contributed by atoms with van der Waals surface area (Å²) in [4.78, 5) is 14.2. The normalized spacial score (nSPS) is 26.1. The van der Waals surface area contributed by atoms with Crippen molar-refractivity contribution in [1.82, 2.24) is 4.90 Å². The molecule has 1 saturated heterocycles. The van der Waals surface area contributed by atoms with Crippen molar-refractivity contribution in [2.45, 2.75) is 31.6 Å². The lowest BCUT2D eigenvalue weighted by molar-refractivity contribution is -0.0240. The number of aliphatic hydroxyl groups excluding tert-OH is 1. The number of nitrogens with zero attached hydrogens (tertiary/aromatic N) is 1. The quantitative estimate of drug-likeness (QED) is 0.737. The molecule has 0 amide bonds. The van der Waals surface area contributed by atoms with E-state index in [1.807, 2.05) is 42.5 Å². The van der Waals surface area contributed by atoms with Crippen molar-refractivity contribution in [3.63, 3.8) is 0 Å². The van der Waals surface area contributed by atoms with Gasteiger partial charge in [-0.1, -0.05) is 24.3 Å². The fourth-order valence-electron chi connectivity index (χ4n) is 4.80. The molecule has 30 heavy (non-hydrogen) atoms. The molecule has 0 spiro atoms. The van der Waals surface area contributed by atoms with Gasteiger partial charge >= 0.3 is 5.97 Å². The Bertz CT molecular complexity index is 885. The van der Waals surface area contributed by atoms with E-state index in [9.17, 15) is 9.90 Å². The fourth-order valence-corrected chi connectivity index (χ4v) is 4.80. The van der Waals surface area contributed by atoms with E-state index in [4.69, 9.17) is 14.2 Å². The van der Waals surface area contributed by atoms with Gasteiger partial charge in [-0.2, -0.15) is 0 Å². The number of carbonyl (C=O) groups is 1. The third kappa shape index (κ3) is 4.45. The summed E-state index contributed by atoms with van der Waals surface area (Å²) < 4.78 is 16.4. The lowest BCUT2D eigenvalue weighted by atomic mass is 9.78. The summed E-state index contributed by atoms with van der Waals surface area (Å²) in [5.41, 5.74) is 1.67. The molecular weight excluding hydrogens is 382 g/mol. The average molecular weight is 411 g/mol. The molecule has 0 radical (unpaired) electrons. The predicted octanol–water partition coefficient (Wildman–Crippen LogP) is 3.13. The fraction of sp³-hybridized carbons (Fsp3) is 0.458. The SMILES string of the molecule is COC(=O)c1cccc(CN2C[C@H]3C[C@@H](Oc4ccccc4OC)[C@H](O)C[C@H]3C2)c1. The third-order valence-corrected chi connectivity index (χ3v) is 6.26. The highest BCUT2D eigenvalue weighted by atomic mass is 16.5. The minimum absolute atomic E-state index is 0.231. The van der Waals surface area contributed by atoms with Crippen LogP contribution in [0.15, 0.2) is 48.5 Å². The molecule has 6 heteroatoms. The van der Waals surface area contributed by atoms with Gasteiger partial charge in [-0.3, -0.25) is 4.90 Å². The molecule has 1 aliphatic carbocycles. The number of hydrogen-bond acceptors (Lipinski definition) is 6. The number of methoxy groups -OCH3 is 2. The molecule has 160 valence electrons. The van der Waals surface area contributed by atoms with E-state index in [0.29, 0.717) is 28.9 Å². The maximum atomic E-state index is 11.8. The van der Waals surface area contributed by atoms with E-state index in [1.54, 1.807) is 13.2 Å². The molecule has 6 nitrogen and oxygen atoms in total. The van der Waals surface area contributed by atoms with Crippen LogP contribution in [0, 0.1) is 11.8 Å². The Hall–Kier alpha value is -2.57. The molecule has 2 aromatic carbocycles. The van der Waals surface area contributed by atoms with E-state index in [-0.39, 0.29) is 12.1 Å². The first-order valence-electron chi connectivity index (χ1n) is 10.4. The van der Waals surface area contributed by atoms with Gasteiger partial charge in [-0.15, -0.1) is 0 Å². The Morgan fingerprint density at radius 2 is 1.77 bits per heavy atom. The van der Waals surface area contributed by atoms with Gasteiger partial charge in [-0.05, 0) is 54.5 Å². The summed E-state index contributed by atoms with van der Waals surface area (Å²) in [5, 5.41) is 10.7. The third-order valence-electron chi connectivity index (χ3n) is 6.26. The van der Waals surface area contributed by atoms with Crippen molar-refractivity contribution >= 4 is 5.97 Å². The number of esters is 1. The summed E-state index contributed by atoms with van der Waals surface area (Å²) in [6, 6.07) is 15.2. The van der Waals surface area contributed by atoms with Crippen LogP contribution < -0.4 is 9.47 Å². The van der Waals surface area contributed by atoms with Gasteiger partial charge in [0.15, 0.2) is 11.5 Å². The summed E-state index contributed by atoms with van der Waals surface area (Å²) in [6.07, 6.45) is 0.843. The predicted molar refractivity (Wildman–Crippen MR) is 113 cm³/mol. The second kappa shape index (κ2) is 9.06. The molecule has 0 unspecified atom stereocenters. The maximum absolute atomic E-state index is 11.8. The Morgan fingerprint density at radius 3 is 2.50 bits per heavy atom. The number of ether oxygens (including phenoxy) is 3. The second-order valence-electron chi connectivity index (χ2n) is 8.25. The van der Waals surface area contributed by atoms with Crippen molar-refractivity contribution < 1.29 is 24.1 Å². The van der Waals surface area contributed by atoms with Crippen molar-refractivity contribution in [2.75, 3.05) is 27.3 Å². The molecular formula is C24H29NO5. The largest absolute Gasteiger partial charge is 0.493 e. The first-order valence-corrected chi connectivity index (χ1v) is 10.4.